The van der Waals surface area contributed by atoms with Gasteiger partial charge in [0.25, 0.3) is 0 Å². The maximum Gasteiger partial charge on any atom is 0.144 e. The average Bonchev–Trinajstić information content (AvgIpc) is 2.52. The van der Waals surface area contributed by atoms with Gasteiger partial charge in [-0.2, -0.15) is 5.26 Å². The van der Waals surface area contributed by atoms with E-state index in [-0.39, 0.29) is 17.9 Å². The third kappa shape index (κ3) is 3.71. The van der Waals surface area contributed by atoms with Gasteiger partial charge in [-0.3, -0.25) is 0 Å². The normalized spacial score (nSPS) is 11.5. The fraction of sp³-hybridized carbons (Fsp3) is 0.188. The Morgan fingerprint density at radius 2 is 2.05 bits per heavy atom. The van der Waals surface area contributed by atoms with Crippen LogP contribution in [0.25, 0.3) is 0 Å². The van der Waals surface area contributed by atoms with Crippen molar-refractivity contribution in [2.75, 3.05) is 13.7 Å². The molecule has 5 heteroatoms. The molecule has 0 bridgehead atoms. The highest BCUT2D eigenvalue weighted by molar-refractivity contribution is 5.36. The Hall–Kier alpha value is -2.58. The van der Waals surface area contributed by atoms with Crippen molar-refractivity contribution < 1.29 is 19.0 Å². The lowest BCUT2D eigenvalue weighted by molar-refractivity contribution is 0.108. The van der Waals surface area contributed by atoms with E-state index in [1.54, 1.807) is 37.4 Å². The van der Waals surface area contributed by atoms with Crippen molar-refractivity contribution in [1.29, 1.82) is 5.26 Å². The standard InChI is InChI=1S/C16H14FNO3/c1-20-13-4-2-3-11(7-13)16(19)10-21-14-6-5-12(9-18)15(17)8-14/h2-8,16,19H,10H2,1H3. The first kappa shape index (κ1) is 14.8. The summed E-state index contributed by atoms with van der Waals surface area (Å²) in [5, 5.41) is 18.7. The van der Waals surface area contributed by atoms with Crippen LogP contribution < -0.4 is 9.47 Å². The van der Waals surface area contributed by atoms with Crippen molar-refractivity contribution >= 4 is 0 Å². The number of nitriles is 1. The van der Waals surface area contributed by atoms with Crippen molar-refractivity contribution in [2.24, 2.45) is 0 Å². The van der Waals surface area contributed by atoms with Crippen molar-refractivity contribution in [3.63, 3.8) is 0 Å². The fourth-order valence-corrected chi connectivity index (χ4v) is 1.80. The van der Waals surface area contributed by atoms with Crippen molar-refractivity contribution in [3.8, 4) is 17.6 Å². The molecule has 0 radical (unpaired) electrons. The van der Waals surface area contributed by atoms with E-state index >= 15 is 0 Å². The predicted octanol–water partition coefficient (Wildman–Crippen LogP) is 2.82. The molecule has 0 heterocycles. The smallest absolute Gasteiger partial charge is 0.144 e. The molecule has 0 spiro atoms. The summed E-state index contributed by atoms with van der Waals surface area (Å²) in [6, 6.07) is 12.7. The van der Waals surface area contributed by atoms with Crippen LogP contribution >= 0.6 is 0 Å². The van der Waals surface area contributed by atoms with Gasteiger partial charge in [-0.1, -0.05) is 12.1 Å². The van der Waals surface area contributed by atoms with Gasteiger partial charge in [0, 0.05) is 6.07 Å². The minimum atomic E-state index is -0.862. The molecule has 1 atom stereocenters. The van der Waals surface area contributed by atoms with Crippen LogP contribution in [-0.4, -0.2) is 18.8 Å². The molecule has 1 N–H and O–H groups in total. The zero-order valence-electron chi connectivity index (χ0n) is 11.4. The number of rotatable bonds is 5. The maximum absolute atomic E-state index is 13.4. The molecule has 0 saturated heterocycles. The molecule has 4 nitrogen and oxygen atoms in total. The van der Waals surface area contributed by atoms with E-state index in [0.717, 1.165) is 6.07 Å². The van der Waals surface area contributed by atoms with Gasteiger partial charge in [-0.05, 0) is 29.8 Å². The zero-order chi connectivity index (χ0) is 15.2. The van der Waals surface area contributed by atoms with Crippen molar-refractivity contribution in [3.05, 3.63) is 59.4 Å². The van der Waals surface area contributed by atoms with E-state index < -0.39 is 11.9 Å². The summed E-state index contributed by atoms with van der Waals surface area (Å²) in [6.45, 7) is -0.0293. The molecule has 0 aliphatic heterocycles. The molecule has 0 aliphatic rings. The van der Waals surface area contributed by atoms with Crippen LogP contribution in [0.2, 0.25) is 0 Å². The first-order chi connectivity index (χ1) is 10.1. The van der Waals surface area contributed by atoms with Crippen LogP contribution in [0.1, 0.15) is 17.2 Å². The SMILES string of the molecule is COc1cccc(C(O)COc2ccc(C#N)c(F)c2)c1. The number of halogens is 1. The second-order valence-corrected chi connectivity index (χ2v) is 4.36. The Morgan fingerprint density at radius 3 is 2.71 bits per heavy atom. The van der Waals surface area contributed by atoms with Gasteiger partial charge in [0.15, 0.2) is 0 Å². The zero-order valence-corrected chi connectivity index (χ0v) is 11.4. The summed E-state index contributed by atoms with van der Waals surface area (Å²) in [5.74, 6) is 0.246. The summed E-state index contributed by atoms with van der Waals surface area (Å²) in [6.07, 6.45) is -0.862. The number of aliphatic hydroxyl groups excluding tert-OH is 1. The molecule has 0 aliphatic carbocycles. The van der Waals surface area contributed by atoms with Crippen LogP contribution in [0.4, 0.5) is 4.39 Å². The first-order valence-corrected chi connectivity index (χ1v) is 6.28. The van der Waals surface area contributed by atoms with E-state index in [2.05, 4.69) is 0 Å². The van der Waals surface area contributed by atoms with Gasteiger partial charge < -0.3 is 14.6 Å². The number of aliphatic hydroxyl groups is 1. The van der Waals surface area contributed by atoms with Gasteiger partial charge in [0.1, 0.15) is 36.1 Å². The van der Waals surface area contributed by atoms with Crippen molar-refractivity contribution in [2.45, 2.75) is 6.10 Å². The van der Waals surface area contributed by atoms with Gasteiger partial charge in [0.2, 0.25) is 0 Å². The average molecular weight is 287 g/mol. The summed E-state index contributed by atoms with van der Waals surface area (Å²) in [7, 11) is 1.54. The first-order valence-electron chi connectivity index (χ1n) is 6.28. The van der Waals surface area contributed by atoms with E-state index in [4.69, 9.17) is 14.7 Å². The third-order valence-electron chi connectivity index (χ3n) is 2.95. The lowest BCUT2D eigenvalue weighted by atomic mass is 10.1. The van der Waals surface area contributed by atoms with Crippen molar-refractivity contribution in [1.82, 2.24) is 0 Å². The molecular formula is C16H14FNO3. The Morgan fingerprint density at radius 1 is 1.24 bits per heavy atom. The summed E-state index contributed by atoms with van der Waals surface area (Å²) in [4.78, 5) is 0. The number of ether oxygens (including phenoxy) is 2. The lowest BCUT2D eigenvalue weighted by Crippen LogP contribution is -2.10. The molecule has 2 rings (SSSR count). The van der Waals surface area contributed by atoms with Gasteiger partial charge in [0.05, 0.1) is 12.7 Å². The summed E-state index contributed by atoms with van der Waals surface area (Å²) in [5.41, 5.74) is 0.596. The lowest BCUT2D eigenvalue weighted by Gasteiger charge is -2.13. The highest BCUT2D eigenvalue weighted by Gasteiger charge is 2.10. The largest absolute Gasteiger partial charge is 0.497 e. The number of benzene rings is 2. The van der Waals surface area contributed by atoms with Crippen LogP contribution in [0.3, 0.4) is 0 Å². The van der Waals surface area contributed by atoms with Crippen LogP contribution in [0, 0.1) is 17.1 Å². The van der Waals surface area contributed by atoms with Gasteiger partial charge >= 0.3 is 0 Å². The molecule has 21 heavy (non-hydrogen) atoms. The molecule has 0 fully saturated rings. The summed E-state index contributed by atoms with van der Waals surface area (Å²) < 4.78 is 23.8. The van der Waals surface area contributed by atoms with E-state index in [9.17, 15) is 9.50 Å². The number of nitrogens with zero attached hydrogens (tertiary/aromatic N) is 1. The second kappa shape index (κ2) is 6.73. The Kier molecular flexibility index (Phi) is 4.75. The topological polar surface area (TPSA) is 62.5 Å². The van der Waals surface area contributed by atoms with E-state index in [1.807, 2.05) is 0 Å². The maximum atomic E-state index is 13.4. The predicted molar refractivity (Wildman–Crippen MR) is 74.6 cm³/mol. The van der Waals surface area contributed by atoms with Crippen LogP contribution in [0.5, 0.6) is 11.5 Å². The molecular weight excluding hydrogens is 273 g/mol. The summed E-state index contributed by atoms with van der Waals surface area (Å²) >= 11 is 0. The second-order valence-electron chi connectivity index (χ2n) is 4.36. The third-order valence-corrected chi connectivity index (χ3v) is 2.95. The van der Waals surface area contributed by atoms with E-state index in [0.29, 0.717) is 11.3 Å². The fourth-order valence-electron chi connectivity index (χ4n) is 1.80. The number of methoxy groups -OCH3 is 1. The minimum Gasteiger partial charge on any atom is -0.497 e. The molecule has 108 valence electrons. The monoisotopic (exact) mass is 287 g/mol. The van der Waals surface area contributed by atoms with Crippen LogP contribution in [0.15, 0.2) is 42.5 Å². The van der Waals surface area contributed by atoms with Gasteiger partial charge in [-0.15, -0.1) is 0 Å². The molecule has 2 aromatic carbocycles. The Bertz CT molecular complexity index is 667. The van der Waals surface area contributed by atoms with E-state index in [1.165, 1.54) is 12.1 Å². The molecule has 2 aromatic rings. The highest BCUT2D eigenvalue weighted by atomic mass is 19.1. The van der Waals surface area contributed by atoms with Gasteiger partial charge in [-0.25, -0.2) is 4.39 Å². The minimum absolute atomic E-state index is 0.0293. The Labute approximate surface area is 122 Å². The quantitative estimate of drug-likeness (QED) is 0.918. The molecule has 0 aromatic heterocycles. The van der Waals surface area contributed by atoms with Crippen LogP contribution in [-0.2, 0) is 0 Å². The number of hydrogen-bond acceptors (Lipinski definition) is 4. The molecule has 0 saturated carbocycles. The molecule has 1 unspecified atom stereocenters. The number of hydrogen-bond donors (Lipinski definition) is 1. The highest BCUT2D eigenvalue weighted by Crippen LogP contribution is 2.21. The Balaban J connectivity index is 2.02. The molecule has 0 amide bonds.